The Balaban J connectivity index is 1.10. The largest absolute Gasteiger partial charge is 0.467 e. The molecule has 0 radical (unpaired) electrons. The second kappa shape index (κ2) is 19.2. The van der Waals surface area contributed by atoms with Crippen LogP contribution in [-0.4, -0.2) is 64.0 Å². The first-order valence-electron chi connectivity index (χ1n) is 22.4. The molecule has 0 aliphatic carbocycles. The predicted octanol–water partition coefficient (Wildman–Crippen LogP) is 9.87. The van der Waals surface area contributed by atoms with Crippen LogP contribution in [0.2, 0.25) is 0 Å². The first-order valence-corrected chi connectivity index (χ1v) is 23.9. The maximum absolute atomic E-state index is 14.6. The number of methoxy groups -OCH3 is 1. The van der Waals surface area contributed by atoms with Crippen molar-refractivity contribution in [1.29, 1.82) is 0 Å². The highest BCUT2D eigenvalue weighted by Crippen LogP contribution is 2.44. The van der Waals surface area contributed by atoms with Crippen LogP contribution in [0.25, 0.3) is 33.6 Å². The molecule has 8 aromatic rings. The molecule has 0 spiro atoms. The van der Waals surface area contributed by atoms with Gasteiger partial charge in [0.05, 0.1) is 18.0 Å². The van der Waals surface area contributed by atoms with Crippen LogP contribution in [0, 0.1) is 0 Å². The van der Waals surface area contributed by atoms with Gasteiger partial charge in [0, 0.05) is 18.5 Å². The molecule has 1 N–H and O–H groups in total. The number of nitrogens with one attached hydrogen (secondary N) is 1. The fourth-order valence-electron chi connectivity index (χ4n) is 9.52. The molecule has 67 heavy (non-hydrogen) atoms. The van der Waals surface area contributed by atoms with Gasteiger partial charge in [-0.1, -0.05) is 189 Å². The van der Waals surface area contributed by atoms with Crippen molar-refractivity contribution in [2.24, 2.45) is 0 Å². The third-order valence-electron chi connectivity index (χ3n) is 12.7. The second-order valence-electron chi connectivity index (χ2n) is 16.6. The van der Waals surface area contributed by atoms with E-state index in [1.165, 1.54) is 11.4 Å². The molecule has 1 fully saturated rings. The number of sulfonamides is 1. The number of ether oxygens (including phenoxy) is 1. The van der Waals surface area contributed by atoms with Crippen molar-refractivity contribution in [3.63, 3.8) is 0 Å². The molecule has 0 saturated carbocycles. The highest BCUT2D eigenvalue weighted by molar-refractivity contribution is 7.89. The van der Waals surface area contributed by atoms with Crippen LogP contribution in [0.15, 0.2) is 199 Å². The second-order valence-corrected chi connectivity index (χ2v) is 18.5. The Kier molecular flexibility index (Phi) is 12.9. The number of carbonyl (C=O) groups is 2. The molecule has 1 aliphatic rings. The molecule has 2 atom stereocenters. The summed E-state index contributed by atoms with van der Waals surface area (Å²) in [6, 6.07) is 61.3. The molecule has 2 heterocycles. The summed E-state index contributed by atoms with van der Waals surface area (Å²) in [6.07, 6.45) is 1.22. The Morgan fingerprint density at radius 1 is 0.672 bits per heavy atom. The van der Waals surface area contributed by atoms with Crippen molar-refractivity contribution >= 4 is 21.8 Å². The Morgan fingerprint density at radius 2 is 1.18 bits per heavy atom. The summed E-state index contributed by atoms with van der Waals surface area (Å²) in [4.78, 5) is 28.3. The lowest BCUT2D eigenvalue weighted by Crippen LogP contribution is -2.64. The average molecular weight is 907 g/mol. The molecule has 0 bridgehead atoms. The molecule has 11 nitrogen and oxygen atoms in total. The normalized spacial score (nSPS) is 15.8. The van der Waals surface area contributed by atoms with E-state index in [0.29, 0.717) is 24.2 Å². The number of hydrogen-bond donors (Lipinski definition) is 1. The Labute approximate surface area is 391 Å². The highest BCUT2D eigenvalue weighted by atomic mass is 32.2. The summed E-state index contributed by atoms with van der Waals surface area (Å²) in [5, 5.41) is 17.1. The van der Waals surface area contributed by atoms with Crippen molar-refractivity contribution in [1.82, 2.24) is 29.8 Å². The Morgan fingerprint density at radius 3 is 1.73 bits per heavy atom. The van der Waals surface area contributed by atoms with Gasteiger partial charge in [-0.2, -0.15) is 4.31 Å². The smallest absolute Gasteiger partial charge is 0.342 e. The van der Waals surface area contributed by atoms with Gasteiger partial charge < -0.3 is 4.74 Å². The van der Waals surface area contributed by atoms with Crippen LogP contribution in [0.1, 0.15) is 60.9 Å². The minimum atomic E-state index is -4.26. The van der Waals surface area contributed by atoms with Crippen molar-refractivity contribution < 1.29 is 22.7 Å². The minimum Gasteiger partial charge on any atom is -0.467 e. The van der Waals surface area contributed by atoms with Crippen LogP contribution in [0.4, 0.5) is 0 Å². The molecule has 12 heteroatoms. The van der Waals surface area contributed by atoms with Gasteiger partial charge in [0.25, 0.3) is 0 Å². The molecular formula is C55H50N6O5S. The Bertz CT molecular complexity index is 2980. The molecular weight excluding hydrogens is 857 g/mol. The van der Waals surface area contributed by atoms with E-state index in [-0.39, 0.29) is 30.1 Å². The van der Waals surface area contributed by atoms with Crippen LogP contribution in [-0.2, 0) is 29.9 Å². The fraction of sp³-hybridized carbons (Fsp3) is 0.182. The molecule has 9 rings (SSSR count). The van der Waals surface area contributed by atoms with Crippen LogP contribution < -0.4 is 5.32 Å². The van der Waals surface area contributed by atoms with E-state index in [1.807, 2.05) is 145 Å². The maximum Gasteiger partial charge on any atom is 0.342 e. The van der Waals surface area contributed by atoms with Crippen molar-refractivity contribution in [3.8, 4) is 33.6 Å². The molecule has 1 aliphatic heterocycles. The zero-order chi connectivity index (χ0) is 46.4. The van der Waals surface area contributed by atoms with Gasteiger partial charge in [-0.05, 0) is 86.3 Å². The third-order valence-corrected chi connectivity index (χ3v) is 14.6. The first kappa shape index (κ1) is 44.8. The lowest BCUT2D eigenvalue weighted by atomic mass is 9.77. The van der Waals surface area contributed by atoms with Crippen LogP contribution >= 0.6 is 0 Å². The summed E-state index contributed by atoms with van der Waals surface area (Å²) >= 11 is 0. The van der Waals surface area contributed by atoms with Crippen LogP contribution in [0.5, 0.6) is 0 Å². The number of aromatic nitrogens is 4. The van der Waals surface area contributed by atoms with E-state index >= 15 is 0 Å². The standard InChI is InChI=1S/C55H50N6O5S/c1-3-19-50(62)51(56-54(53(63)66-2)38-18-39-60(54)67(64,65)47-36-34-41(35-37-47)40-20-8-4-9-21-40)43-32-30-42(31-33-43)48-28-16-17-29-49(48)52-57-58-59-61(52)55(44-22-10-5-11-23-44,45-24-12-6-13-25-45)46-26-14-7-15-27-46/h4-17,20-37,51,56H,3,18-19,38-39H2,1-2H3/t51-,54-/m0/s1. The lowest BCUT2D eigenvalue weighted by molar-refractivity contribution is -0.153. The van der Waals surface area contributed by atoms with Gasteiger partial charge in [0.15, 0.2) is 17.3 Å². The van der Waals surface area contributed by atoms with Gasteiger partial charge in [-0.3, -0.25) is 10.1 Å². The molecule has 1 saturated heterocycles. The number of rotatable bonds is 16. The number of ketones is 1. The number of esters is 1. The quantitative estimate of drug-likeness (QED) is 0.0742. The van der Waals surface area contributed by atoms with E-state index in [1.54, 1.807) is 24.3 Å². The lowest BCUT2D eigenvalue weighted by Gasteiger charge is -2.38. The zero-order valence-electron chi connectivity index (χ0n) is 37.3. The van der Waals surface area contributed by atoms with E-state index in [2.05, 4.69) is 46.9 Å². The van der Waals surface area contributed by atoms with Crippen molar-refractivity contribution in [3.05, 3.63) is 216 Å². The van der Waals surface area contributed by atoms with Gasteiger partial charge in [-0.25, -0.2) is 17.9 Å². The first-order chi connectivity index (χ1) is 32.7. The number of benzene rings is 7. The van der Waals surface area contributed by atoms with E-state index < -0.39 is 33.2 Å². The number of carbonyl (C=O) groups excluding carboxylic acids is 2. The molecule has 336 valence electrons. The van der Waals surface area contributed by atoms with Gasteiger partial charge >= 0.3 is 5.97 Å². The summed E-state index contributed by atoms with van der Waals surface area (Å²) in [7, 11) is -3.03. The van der Waals surface area contributed by atoms with Gasteiger partial charge in [0.1, 0.15) is 5.54 Å². The third kappa shape index (κ3) is 8.28. The van der Waals surface area contributed by atoms with Crippen molar-refractivity contribution in [2.45, 2.75) is 54.7 Å². The van der Waals surface area contributed by atoms with E-state index in [4.69, 9.17) is 15.0 Å². The van der Waals surface area contributed by atoms with E-state index in [9.17, 15) is 18.0 Å². The highest BCUT2D eigenvalue weighted by Gasteiger charge is 2.55. The monoisotopic (exact) mass is 906 g/mol. The summed E-state index contributed by atoms with van der Waals surface area (Å²) < 4.78 is 37.6. The molecule has 0 amide bonds. The van der Waals surface area contributed by atoms with E-state index in [0.717, 1.165) is 44.5 Å². The number of Topliss-reactive ketones (excluding diaryl/α,β-unsaturated/α-hetero) is 1. The SMILES string of the molecule is CCCC(=O)[C@@H](N[C@@]1(C(=O)OC)CCCN1S(=O)(=O)c1ccc(-c2ccccc2)cc1)c1ccc(-c2ccccc2-c2nnnn2C(c2ccccc2)(c2ccccc2)c2ccccc2)cc1. The zero-order valence-corrected chi connectivity index (χ0v) is 38.1. The predicted molar refractivity (Wildman–Crippen MR) is 259 cm³/mol. The van der Waals surface area contributed by atoms with Gasteiger partial charge in [-0.15, -0.1) is 5.10 Å². The maximum atomic E-state index is 14.6. The summed E-state index contributed by atoms with van der Waals surface area (Å²) in [6.45, 7) is 1.96. The number of nitrogens with zero attached hydrogens (tertiary/aromatic N) is 5. The van der Waals surface area contributed by atoms with Crippen LogP contribution in [0.3, 0.4) is 0 Å². The summed E-state index contributed by atoms with van der Waals surface area (Å²) in [5.74, 6) is -0.440. The average Bonchev–Trinajstić information content (AvgIpc) is 4.07. The number of hydrogen-bond acceptors (Lipinski definition) is 9. The van der Waals surface area contributed by atoms with Gasteiger partial charge in [0.2, 0.25) is 10.0 Å². The molecule has 1 aromatic heterocycles. The fourth-order valence-corrected chi connectivity index (χ4v) is 11.3. The number of tetrazole rings is 1. The summed E-state index contributed by atoms with van der Waals surface area (Å²) in [5.41, 5.74) is 4.90. The minimum absolute atomic E-state index is 0.0307. The Hall–Kier alpha value is -7.38. The molecule has 0 unspecified atom stereocenters. The molecule has 7 aromatic carbocycles. The topological polar surface area (TPSA) is 136 Å². The van der Waals surface area contributed by atoms with Crippen molar-refractivity contribution in [2.75, 3.05) is 13.7 Å².